The first-order valence-electron chi connectivity index (χ1n) is 10.3. The highest BCUT2D eigenvalue weighted by Crippen LogP contribution is 2.25. The molecule has 4 rings (SSSR count). The highest BCUT2D eigenvalue weighted by Gasteiger charge is 2.24. The average molecular weight is 497 g/mol. The molecule has 4 aromatic rings. The van der Waals surface area contributed by atoms with Gasteiger partial charge in [-0.25, -0.2) is 8.42 Å². The van der Waals surface area contributed by atoms with Gasteiger partial charge in [0.05, 0.1) is 23.2 Å². The minimum atomic E-state index is -4.15. The number of hydrogen-bond donors (Lipinski definition) is 1. The standard InChI is InChI=1S/C25H21ClN2O5S/c1-16-7-10-18(11-8-16)34(31,32)23-14-28(21-12-9-17(26)13-19(21)25(23)30)15-24(29)27-20-5-3-4-6-22(20)33-2/h3-14H,15H2,1-2H3,(H,27,29). The summed E-state index contributed by atoms with van der Waals surface area (Å²) in [7, 11) is -2.65. The Bertz CT molecular complexity index is 1560. The summed E-state index contributed by atoms with van der Waals surface area (Å²) in [5, 5.41) is 3.14. The molecule has 174 valence electrons. The molecule has 0 aliphatic heterocycles. The Morgan fingerprint density at radius 2 is 1.76 bits per heavy atom. The first kappa shape index (κ1) is 23.5. The maximum absolute atomic E-state index is 13.3. The minimum Gasteiger partial charge on any atom is -0.495 e. The molecule has 1 N–H and O–H groups in total. The molecule has 1 amide bonds. The van der Waals surface area contributed by atoms with Crippen LogP contribution in [0.4, 0.5) is 5.69 Å². The van der Waals surface area contributed by atoms with E-state index < -0.39 is 26.1 Å². The number of rotatable bonds is 6. The van der Waals surface area contributed by atoms with Crippen LogP contribution in [0.2, 0.25) is 5.02 Å². The maximum Gasteiger partial charge on any atom is 0.244 e. The number of aryl methyl sites for hydroxylation is 1. The second kappa shape index (κ2) is 9.32. The van der Waals surface area contributed by atoms with Crippen molar-refractivity contribution in [3.8, 4) is 5.75 Å². The molecule has 0 radical (unpaired) electrons. The van der Waals surface area contributed by atoms with Gasteiger partial charge in [-0.3, -0.25) is 9.59 Å². The van der Waals surface area contributed by atoms with Crippen molar-refractivity contribution in [1.29, 1.82) is 0 Å². The third kappa shape index (κ3) is 4.55. The Kier molecular flexibility index (Phi) is 6.45. The second-order valence-electron chi connectivity index (χ2n) is 7.68. The Hall–Kier alpha value is -3.62. The van der Waals surface area contributed by atoms with Crippen molar-refractivity contribution in [1.82, 2.24) is 4.57 Å². The fourth-order valence-electron chi connectivity index (χ4n) is 3.60. The third-order valence-corrected chi connectivity index (χ3v) is 7.32. The van der Waals surface area contributed by atoms with Crippen molar-refractivity contribution in [2.75, 3.05) is 12.4 Å². The number of nitrogens with zero attached hydrogens (tertiary/aromatic N) is 1. The van der Waals surface area contributed by atoms with Crippen LogP contribution in [-0.4, -0.2) is 26.0 Å². The summed E-state index contributed by atoms with van der Waals surface area (Å²) >= 11 is 6.10. The van der Waals surface area contributed by atoms with E-state index in [4.69, 9.17) is 16.3 Å². The molecule has 34 heavy (non-hydrogen) atoms. The van der Waals surface area contributed by atoms with E-state index in [2.05, 4.69) is 5.32 Å². The molecular weight excluding hydrogens is 476 g/mol. The molecule has 1 aromatic heterocycles. The van der Waals surface area contributed by atoms with Gasteiger partial charge in [-0.05, 0) is 49.4 Å². The summed E-state index contributed by atoms with van der Waals surface area (Å²) in [6.07, 6.45) is 1.20. The van der Waals surface area contributed by atoms with Crippen LogP contribution in [0.15, 0.2) is 87.5 Å². The van der Waals surface area contributed by atoms with Gasteiger partial charge in [-0.2, -0.15) is 0 Å². The fourth-order valence-corrected chi connectivity index (χ4v) is 5.14. The van der Waals surface area contributed by atoms with Crippen molar-refractivity contribution in [2.24, 2.45) is 0 Å². The zero-order valence-electron chi connectivity index (χ0n) is 18.4. The van der Waals surface area contributed by atoms with Gasteiger partial charge < -0.3 is 14.6 Å². The lowest BCUT2D eigenvalue weighted by atomic mass is 10.2. The summed E-state index contributed by atoms with van der Waals surface area (Å²) in [6, 6.07) is 17.7. The van der Waals surface area contributed by atoms with Gasteiger partial charge in [-0.1, -0.05) is 41.4 Å². The third-order valence-electron chi connectivity index (χ3n) is 5.33. The number of halogens is 1. The van der Waals surface area contributed by atoms with Crippen molar-refractivity contribution >= 4 is 43.9 Å². The molecule has 1 heterocycles. The Morgan fingerprint density at radius 1 is 1.06 bits per heavy atom. The number of para-hydroxylation sites is 2. The molecule has 3 aromatic carbocycles. The number of anilines is 1. The number of carbonyl (C=O) groups is 1. The van der Waals surface area contributed by atoms with Crippen LogP contribution in [0.3, 0.4) is 0 Å². The molecule has 0 spiro atoms. The van der Waals surface area contributed by atoms with Crippen molar-refractivity contribution in [3.63, 3.8) is 0 Å². The summed E-state index contributed by atoms with van der Waals surface area (Å²) in [5.41, 5.74) is 1.05. The molecule has 0 saturated carbocycles. The van der Waals surface area contributed by atoms with Crippen LogP contribution in [0, 0.1) is 6.92 Å². The fraction of sp³-hybridized carbons (Fsp3) is 0.120. The summed E-state index contributed by atoms with van der Waals surface area (Å²) < 4.78 is 33.4. The van der Waals surface area contributed by atoms with Crippen LogP contribution < -0.4 is 15.5 Å². The number of aromatic nitrogens is 1. The number of nitrogens with one attached hydrogen (secondary N) is 1. The number of pyridine rings is 1. The second-order valence-corrected chi connectivity index (χ2v) is 10.0. The van der Waals surface area contributed by atoms with Crippen molar-refractivity contribution < 1.29 is 17.9 Å². The van der Waals surface area contributed by atoms with E-state index in [1.54, 1.807) is 48.5 Å². The van der Waals surface area contributed by atoms with Crippen molar-refractivity contribution in [2.45, 2.75) is 23.3 Å². The number of methoxy groups -OCH3 is 1. The molecule has 0 fully saturated rings. The van der Waals surface area contributed by atoms with E-state index in [1.807, 2.05) is 6.92 Å². The molecule has 0 bridgehead atoms. The number of amides is 1. The zero-order chi connectivity index (χ0) is 24.5. The summed E-state index contributed by atoms with van der Waals surface area (Å²) in [6.45, 7) is 1.59. The van der Waals surface area contributed by atoms with Gasteiger partial charge in [0, 0.05) is 16.6 Å². The molecular formula is C25H21ClN2O5S. The topological polar surface area (TPSA) is 94.5 Å². The van der Waals surface area contributed by atoms with E-state index in [9.17, 15) is 18.0 Å². The Morgan fingerprint density at radius 3 is 2.47 bits per heavy atom. The first-order chi connectivity index (χ1) is 16.2. The Balaban J connectivity index is 1.82. The van der Waals surface area contributed by atoms with Gasteiger partial charge in [0.1, 0.15) is 17.2 Å². The number of benzene rings is 3. The highest BCUT2D eigenvalue weighted by atomic mass is 35.5. The SMILES string of the molecule is COc1ccccc1NC(=O)Cn1cc(S(=O)(=O)c2ccc(C)cc2)c(=O)c2cc(Cl)ccc21. The highest BCUT2D eigenvalue weighted by molar-refractivity contribution is 7.91. The Labute approximate surface area is 201 Å². The van der Waals surface area contributed by atoms with Gasteiger partial charge in [0.15, 0.2) is 0 Å². The van der Waals surface area contributed by atoms with Gasteiger partial charge in [0.25, 0.3) is 0 Å². The van der Waals surface area contributed by atoms with Crippen LogP contribution in [-0.2, 0) is 21.2 Å². The number of hydrogen-bond acceptors (Lipinski definition) is 5. The smallest absolute Gasteiger partial charge is 0.244 e. The van der Waals surface area contributed by atoms with Crippen LogP contribution in [0.5, 0.6) is 5.75 Å². The monoisotopic (exact) mass is 496 g/mol. The van der Waals surface area contributed by atoms with Crippen molar-refractivity contribution in [3.05, 3.63) is 93.7 Å². The summed E-state index contributed by atoms with van der Waals surface area (Å²) in [5.74, 6) is 0.0538. The van der Waals surface area contributed by atoms with Crippen LogP contribution >= 0.6 is 11.6 Å². The number of sulfone groups is 1. The van der Waals surface area contributed by atoms with E-state index in [-0.39, 0.29) is 21.8 Å². The lowest BCUT2D eigenvalue weighted by molar-refractivity contribution is -0.116. The summed E-state index contributed by atoms with van der Waals surface area (Å²) in [4.78, 5) is 25.6. The quantitative estimate of drug-likeness (QED) is 0.426. The number of carbonyl (C=O) groups excluding carboxylic acids is 1. The molecule has 0 unspecified atom stereocenters. The van der Waals surface area contributed by atoms with E-state index >= 15 is 0 Å². The lowest BCUT2D eigenvalue weighted by Crippen LogP contribution is -2.24. The van der Waals surface area contributed by atoms with Gasteiger partial charge >= 0.3 is 0 Å². The van der Waals surface area contributed by atoms with Crippen LogP contribution in [0.25, 0.3) is 10.9 Å². The molecule has 0 aliphatic rings. The average Bonchev–Trinajstić information content (AvgIpc) is 2.81. The van der Waals surface area contributed by atoms with Gasteiger partial charge in [0.2, 0.25) is 21.2 Å². The molecule has 0 atom stereocenters. The predicted molar refractivity (Wildman–Crippen MR) is 131 cm³/mol. The molecule has 0 aliphatic carbocycles. The van der Waals surface area contributed by atoms with E-state index in [1.165, 1.54) is 36.1 Å². The molecule has 7 nitrogen and oxygen atoms in total. The van der Waals surface area contributed by atoms with E-state index in [0.29, 0.717) is 17.0 Å². The first-order valence-corrected chi connectivity index (χ1v) is 12.1. The van der Waals surface area contributed by atoms with Crippen LogP contribution in [0.1, 0.15) is 5.56 Å². The zero-order valence-corrected chi connectivity index (χ0v) is 20.0. The normalized spacial score (nSPS) is 11.4. The number of fused-ring (bicyclic) bond motifs is 1. The minimum absolute atomic E-state index is 0.0124. The predicted octanol–water partition coefficient (Wildman–Crippen LogP) is 4.44. The largest absolute Gasteiger partial charge is 0.495 e. The van der Waals surface area contributed by atoms with Gasteiger partial charge in [-0.15, -0.1) is 0 Å². The maximum atomic E-state index is 13.3. The molecule has 9 heteroatoms. The number of ether oxygens (including phenoxy) is 1. The van der Waals surface area contributed by atoms with E-state index in [0.717, 1.165) is 5.56 Å². The molecule has 0 saturated heterocycles. The lowest BCUT2D eigenvalue weighted by Gasteiger charge is -2.15.